The third kappa shape index (κ3) is 4.47. The molecular weight excluding hydrogens is 316 g/mol. The van der Waals surface area contributed by atoms with Crippen molar-refractivity contribution in [1.29, 1.82) is 0 Å². The number of ether oxygens (including phenoxy) is 1. The molecule has 0 atom stereocenters. The summed E-state index contributed by atoms with van der Waals surface area (Å²) in [6.07, 6.45) is 2.36. The predicted molar refractivity (Wildman–Crippen MR) is 97.0 cm³/mol. The van der Waals surface area contributed by atoms with Crippen molar-refractivity contribution < 1.29 is 9.53 Å². The van der Waals surface area contributed by atoms with Gasteiger partial charge in [0.1, 0.15) is 5.75 Å². The van der Waals surface area contributed by atoms with Crippen molar-refractivity contribution in [3.05, 3.63) is 47.3 Å². The number of nitrogens with zero attached hydrogens (tertiary/aromatic N) is 3. The van der Waals surface area contributed by atoms with Gasteiger partial charge in [-0.25, -0.2) is 9.97 Å². The lowest BCUT2D eigenvalue weighted by molar-refractivity contribution is 0.0950. The van der Waals surface area contributed by atoms with Gasteiger partial charge in [0.2, 0.25) is 5.95 Å². The molecule has 3 rings (SSSR count). The zero-order valence-corrected chi connectivity index (χ0v) is 14.8. The molecule has 132 valence electrons. The Morgan fingerprint density at radius 2 is 1.92 bits per heavy atom. The van der Waals surface area contributed by atoms with Crippen LogP contribution < -0.4 is 15.0 Å². The average Bonchev–Trinajstić information content (AvgIpc) is 3.15. The number of rotatable bonds is 6. The Hall–Kier alpha value is -2.63. The molecule has 1 saturated heterocycles. The predicted octanol–water partition coefficient (Wildman–Crippen LogP) is 2.71. The van der Waals surface area contributed by atoms with E-state index in [-0.39, 0.29) is 5.91 Å². The van der Waals surface area contributed by atoms with E-state index in [1.54, 1.807) is 24.3 Å². The van der Waals surface area contributed by atoms with Gasteiger partial charge in [0.05, 0.1) is 18.8 Å². The van der Waals surface area contributed by atoms with Gasteiger partial charge >= 0.3 is 0 Å². The van der Waals surface area contributed by atoms with Gasteiger partial charge in [0.25, 0.3) is 5.91 Å². The molecule has 6 nitrogen and oxygen atoms in total. The monoisotopic (exact) mass is 340 g/mol. The second-order valence-corrected chi connectivity index (χ2v) is 6.13. The van der Waals surface area contributed by atoms with Gasteiger partial charge in [-0.2, -0.15) is 0 Å². The Balaban J connectivity index is 1.63. The van der Waals surface area contributed by atoms with Crippen LogP contribution in [-0.4, -0.2) is 35.6 Å². The molecule has 1 N–H and O–H groups in total. The molecule has 0 bridgehead atoms. The summed E-state index contributed by atoms with van der Waals surface area (Å²) in [5, 5.41) is 2.92. The van der Waals surface area contributed by atoms with Gasteiger partial charge in [-0.3, -0.25) is 4.79 Å². The Morgan fingerprint density at radius 1 is 1.20 bits per heavy atom. The first kappa shape index (κ1) is 17.2. The molecule has 25 heavy (non-hydrogen) atoms. The van der Waals surface area contributed by atoms with Gasteiger partial charge < -0.3 is 15.0 Å². The summed E-state index contributed by atoms with van der Waals surface area (Å²) in [5.74, 6) is 1.41. The van der Waals surface area contributed by atoms with E-state index in [1.165, 1.54) is 12.8 Å². The molecule has 1 aromatic carbocycles. The fourth-order valence-electron chi connectivity index (χ4n) is 2.91. The lowest BCUT2D eigenvalue weighted by atomic mass is 10.2. The van der Waals surface area contributed by atoms with Crippen LogP contribution in [0.1, 0.15) is 41.5 Å². The quantitative estimate of drug-likeness (QED) is 0.876. The van der Waals surface area contributed by atoms with Crippen molar-refractivity contribution in [1.82, 2.24) is 15.3 Å². The van der Waals surface area contributed by atoms with Crippen molar-refractivity contribution in [2.24, 2.45) is 0 Å². The van der Waals surface area contributed by atoms with Crippen molar-refractivity contribution in [2.45, 2.75) is 33.2 Å². The second-order valence-electron chi connectivity index (χ2n) is 6.13. The van der Waals surface area contributed by atoms with E-state index < -0.39 is 0 Å². The fourth-order valence-corrected chi connectivity index (χ4v) is 2.91. The highest BCUT2D eigenvalue weighted by Gasteiger charge is 2.16. The van der Waals surface area contributed by atoms with Crippen molar-refractivity contribution in [3.8, 4) is 5.75 Å². The summed E-state index contributed by atoms with van der Waals surface area (Å²) < 4.78 is 5.39. The maximum Gasteiger partial charge on any atom is 0.251 e. The number of hydrogen-bond acceptors (Lipinski definition) is 5. The van der Waals surface area contributed by atoms with Crippen LogP contribution in [0, 0.1) is 6.92 Å². The number of anilines is 1. The summed E-state index contributed by atoms with van der Waals surface area (Å²) in [6.45, 7) is 6.89. The molecule has 1 fully saturated rings. The van der Waals surface area contributed by atoms with Gasteiger partial charge in [0, 0.05) is 24.3 Å². The summed E-state index contributed by atoms with van der Waals surface area (Å²) in [4.78, 5) is 23.6. The molecule has 6 heteroatoms. The number of aromatic nitrogens is 2. The highest BCUT2D eigenvalue weighted by Crippen LogP contribution is 2.17. The lowest BCUT2D eigenvalue weighted by Crippen LogP contribution is -2.25. The van der Waals surface area contributed by atoms with E-state index in [1.807, 2.05) is 19.9 Å². The number of benzene rings is 1. The molecule has 1 aromatic heterocycles. The minimum Gasteiger partial charge on any atom is -0.494 e. The van der Waals surface area contributed by atoms with Crippen LogP contribution in [0.3, 0.4) is 0 Å². The number of aryl methyl sites for hydroxylation is 1. The maximum absolute atomic E-state index is 12.3. The Labute approximate surface area is 148 Å². The summed E-state index contributed by atoms with van der Waals surface area (Å²) in [6, 6.07) is 9.05. The minimum atomic E-state index is -0.123. The molecule has 1 aliphatic rings. The van der Waals surface area contributed by atoms with E-state index in [4.69, 9.17) is 4.74 Å². The Bertz CT molecular complexity index is 725. The first-order chi connectivity index (χ1) is 12.2. The molecule has 2 aromatic rings. The highest BCUT2D eigenvalue weighted by molar-refractivity contribution is 5.94. The van der Waals surface area contributed by atoms with E-state index >= 15 is 0 Å². The van der Waals surface area contributed by atoms with Crippen LogP contribution in [0.15, 0.2) is 30.3 Å². The van der Waals surface area contributed by atoms with Crippen LogP contribution in [0.25, 0.3) is 0 Å². The Kier molecular flexibility index (Phi) is 5.48. The molecule has 0 unspecified atom stereocenters. The van der Waals surface area contributed by atoms with Gasteiger partial charge in [-0.1, -0.05) is 0 Å². The SMILES string of the molecule is CCOc1ccc(C(=O)NCc2cc(C)nc(N3CCCC3)n2)cc1. The van der Waals surface area contributed by atoms with E-state index in [0.29, 0.717) is 18.7 Å². The van der Waals surface area contributed by atoms with Gasteiger partial charge in [-0.05, 0) is 57.0 Å². The van der Waals surface area contributed by atoms with Crippen LogP contribution in [0.2, 0.25) is 0 Å². The molecule has 1 aliphatic heterocycles. The van der Waals surface area contributed by atoms with E-state index in [2.05, 4.69) is 20.2 Å². The first-order valence-electron chi connectivity index (χ1n) is 8.76. The fraction of sp³-hybridized carbons (Fsp3) is 0.421. The zero-order chi connectivity index (χ0) is 17.6. The standard InChI is InChI=1S/C19H24N4O2/c1-3-25-17-8-6-15(7-9-17)18(24)20-13-16-12-14(2)21-19(22-16)23-10-4-5-11-23/h6-9,12H,3-5,10-11,13H2,1-2H3,(H,20,24). The van der Waals surface area contributed by atoms with Gasteiger partial charge in [-0.15, -0.1) is 0 Å². The van der Waals surface area contributed by atoms with Crippen LogP contribution in [0.5, 0.6) is 5.75 Å². The smallest absolute Gasteiger partial charge is 0.251 e. The summed E-state index contributed by atoms with van der Waals surface area (Å²) >= 11 is 0. The lowest BCUT2D eigenvalue weighted by Gasteiger charge is -2.16. The Morgan fingerprint density at radius 3 is 2.60 bits per heavy atom. The number of carbonyl (C=O) groups excluding carboxylic acids is 1. The van der Waals surface area contributed by atoms with Crippen LogP contribution in [-0.2, 0) is 6.54 Å². The molecule has 0 aliphatic carbocycles. The second kappa shape index (κ2) is 7.96. The molecule has 1 amide bonds. The third-order valence-corrected chi connectivity index (χ3v) is 4.14. The molecule has 0 radical (unpaired) electrons. The summed E-state index contributed by atoms with van der Waals surface area (Å²) in [7, 11) is 0. The van der Waals surface area contributed by atoms with E-state index in [9.17, 15) is 4.79 Å². The topological polar surface area (TPSA) is 67.3 Å². The minimum absolute atomic E-state index is 0.123. The van der Waals surface area contributed by atoms with Crippen LogP contribution in [0.4, 0.5) is 5.95 Å². The molecular formula is C19H24N4O2. The number of amides is 1. The number of hydrogen-bond donors (Lipinski definition) is 1. The normalized spacial score (nSPS) is 13.8. The van der Waals surface area contributed by atoms with Crippen LogP contribution >= 0.6 is 0 Å². The molecule has 0 saturated carbocycles. The van der Waals surface area contributed by atoms with E-state index in [0.717, 1.165) is 36.2 Å². The summed E-state index contributed by atoms with van der Waals surface area (Å²) in [5.41, 5.74) is 2.35. The average molecular weight is 340 g/mol. The van der Waals surface area contributed by atoms with Crippen molar-refractivity contribution in [3.63, 3.8) is 0 Å². The maximum atomic E-state index is 12.3. The molecule has 2 heterocycles. The van der Waals surface area contributed by atoms with Crippen molar-refractivity contribution >= 4 is 11.9 Å². The van der Waals surface area contributed by atoms with Gasteiger partial charge in [0.15, 0.2) is 0 Å². The zero-order valence-electron chi connectivity index (χ0n) is 14.8. The molecule has 0 spiro atoms. The number of carbonyl (C=O) groups is 1. The first-order valence-corrected chi connectivity index (χ1v) is 8.76. The highest BCUT2D eigenvalue weighted by atomic mass is 16.5. The third-order valence-electron chi connectivity index (χ3n) is 4.14. The van der Waals surface area contributed by atoms with Crippen molar-refractivity contribution in [2.75, 3.05) is 24.6 Å². The number of nitrogens with one attached hydrogen (secondary N) is 1. The largest absolute Gasteiger partial charge is 0.494 e.